The zero-order valence-corrected chi connectivity index (χ0v) is 16.5. The Labute approximate surface area is 168 Å². The van der Waals surface area contributed by atoms with Crippen molar-refractivity contribution < 1.29 is 27.0 Å². The molecule has 3 rings (SSSR count). The number of hydrogen-bond acceptors (Lipinski definition) is 2. The van der Waals surface area contributed by atoms with E-state index in [9.17, 15) is 17.6 Å². The predicted molar refractivity (Wildman–Crippen MR) is 103 cm³/mol. The molecule has 0 spiro atoms. The zero-order chi connectivity index (χ0) is 20.9. The van der Waals surface area contributed by atoms with E-state index in [4.69, 9.17) is 4.74 Å². The van der Waals surface area contributed by atoms with Crippen LogP contribution in [0.3, 0.4) is 0 Å². The normalized spacial score (nSPS) is 19.8. The van der Waals surface area contributed by atoms with Gasteiger partial charge >= 0.3 is 6.36 Å². The summed E-state index contributed by atoms with van der Waals surface area (Å²) in [6, 6.07) is 10.3. The second-order valence-electron chi connectivity index (χ2n) is 7.71. The number of hydrogen-bond donors (Lipinski definition) is 0. The van der Waals surface area contributed by atoms with Crippen LogP contribution in [-0.4, -0.2) is 6.36 Å². The molecule has 1 fully saturated rings. The molecule has 0 radical (unpaired) electrons. The van der Waals surface area contributed by atoms with E-state index >= 15 is 0 Å². The monoisotopic (exact) mass is 410 g/mol. The molecule has 0 amide bonds. The van der Waals surface area contributed by atoms with E-state index in [1.54, 1.807) is 6.07 Å². The van der Waals surface area contributed by atoms with Crippen LogP contribution in [0.25, 0.3) is 0 Å². The first-order chi connectivity index (χ1) is 13.8. The molecule has 0 aliphatic heterocycles. The molecule has 0 N–H and O–H groups in total. The van der Waals surface area contributed by atoms with Crippen molar-refractivity contribution >= 4 is 0 Å². The van der Waals surface area contributed by atoms with Gasteiger partial charge in [-0.05, 0) is 72.9 Å². The Morgan fingerprint density at radius 3 is 2.24 bits per heavy atom. The lowest BCUT2D eigenvalue weighted by molar-refractivity contribution is -0.274. The van der Waals surface area contributed by atoms with E-state index in [0.717, 1.165) is 24.3 Å². The van der Waals surface area contributed by atoms with Crippen molar-refractivity contribution in [3.05, 3.63) is 59.4 Å². The quantitative estimate of drug-likeness (QED) is 0.444. The number of rotatable bonds is 7. The van der Waals surface area contributed by atoms with Crippen LogP contribution in [0, 0.1) is 11.7 Å². The minimum Gasteiger partial charge on any atom is -0.489 e. The molecule has 1 aliphatic carbocycles. The zero-order valence-electron chi connectivity index (χ0n) is 16.5. The first kappa shape index (κ1) is 21.5. The van der Waals surface area contributed by atoms with Gasteiger partial charge in [-0.3, -0.25) is 0 Å². The van der Waals surface area contributed by atoms with Crippen LogP contribution in [0.5, 0.6) is 11.5 Å². The summed E-state index contributed by atoms with van der Waals surface area (Å²) in [5, 5.41) is 0. The summed E-state index contributed by atoms with van der Waals surface area (Å²) in [6.07, 6.45) is 2.23. The van der Waals surface area contributed by atoms with Crippen molar-refractivity contribution in [2.45, 2.75) is 64.3 Å². The number of halogens is 4. The van der Waals surface area contributed by atoms with E-state index < -0.39 is 6.36 Å². The van der Waals surface area contributed by atoms with Crippen molar-refractivity contribution in [2.75, 3.05) is 0 Å². The van der Waals surface area contributed by atoms with Gasteiger partial charge in [-0.1, -0.05) is 31.9 Å². The molecule has 158 valence electrons. The lowest BCUT2D eigenvalue weighted by Crippen LogP contribution is -2.17. The molecule has 0 bridgehead atoms. The lowest BCUT2D eigenvalue weighted by atomic mass is 9.77. The van der Waals surface area contributed by atoms with Gasteiger partial charge in [-0.15, -0.1) is 13.2 Å². The van der Waals surface area contributed by atoms with Crippen molar-refractivity contribution in [2.24, 2.45) is 5.92 Å². The largest absolute Gasteiger partial charge is 0.573 e. The third kappa shape index (κ3) is 6.65. The average molecular weight is 410 g/mol. The van der Waals surface area contributed by atoms with Gasteiger partial charge in [0.15, 0.2) is 0 Å². The third-order valence-corrected chi connectivity index (χ3v) is 5.47. The van der Waals surface area contributed by atoms with Gasteiger partial charge in [0.05, 0.1) is 0 Å². The molecule has 2 aromatic rings. The highest BCUT2D eigenvalue weighted by atomic mass is 19.4. The summed E-state index contributed by atoms with van der Waals surface area (Å²) < 4.78 is 60.3. The summed E-state index contributed by atoms with van der Waals surface area (Å²) in [5.74, 6) is 0.950. The Morgan fingerprint density at radius 2 is 1.62 bits per heavy atom. The van der Waals surface area contributed by atoms with Gasteiger partial charge in [0, 0.05) is 6.07 Å². The minimum atomic E-state index is -4.72. The van der Waals surface area contributed by atoms with Crippen LogP contribution < -0.4 is 9.47 Å². The number of ether oxygens (including phenoxy) is 2. The molecular weight excluding hydrogens is 384 g/mol. The number of alkyl halides is 3. The summed E-state index contributed by atoms with van der Waals surface area (Å²) in [5.41, 5.74) is 1.63. The minimum absolute atomic E-state index is 0.137. The van der Waals surface area contributed by atoms with E-state index in [1.165, 1.54) is 56.0 Å². The average Bonchev–Trinajstić information content (AvgIpc) is 2.67. The maximum absolute atomic E-state index is 14.1. The van der Waals surface area contributed by atoms with Gasteiger partial charge in [0.1, 0.15) is 23.9 Å². The Morgan fingerprint density at radius 1 is 0.931 bits per heavy atom. The first-order valence-electron chi connectivity index (χ1n) is 10.1. The molecule has 0 aromatic heterocycles. The summed E-state index contributed by atoms with van der Waals surface area (Å²) in [7, 11) is 0. The van der Waals surface area contributed by atoms with Crippen molar-refractivity contribution in [1.82, 2.24) is 0 Å². The van der Waals surface area contributed by atoms with Gasteiger partial charge in [0.2, 0.25) is 0 Å². The Bertz CT molecular complexity index is 778. The van der Waals surface area contributed by atoms with Gasteiger partial charge < -0.3 is 9.47 Å². The predicted octanol–water partition coefficient (Wildman–Crippen LogP) is 7.38. The number of benzene rings is 2. The maximum Gasteiger partial charge on any atom is 0.573 e. The van der Waals surface area contributed by atoms with Crippen molar-refractivity contribution in [3.8, 4) is 11.5 Å². The van der Waals surface area contributed by atoms with Crippen LogP contribution in [0.2, 0.25) is 0 Å². The summed E-state index contributed by atoms with van der Waals surface area (Å²) >= 11 is 0. The fourth-order valence-electron chi connectivity index (χ4n) is 4.05. The molecule has 2 aromatic carbocycles. The van der Waals surface area contributed by atoms with Gasteiger partial charge in [-0.25, -0.2) is 4.39 Å². The molecular formula is C23H26F4O2. The fraction of sp³-hybridized carbons (Fsp3) is 0.478. The lowest BCUT2D eigenvalue weighted by Gasteiger charge is -2.28. The third-order valence-electron chi connectivity index (χ3n) is 5.47. The summed E-state index contributed by atoms with van der Waals surface area (Å²) in [6.45, 7) is 2.34. The molecule has 0 atom stereocenters. The standard InChI is InChI=1S/C23H26F4O2/c1-2-3-16-4-8-18(9-5-16)19-12-20(24)14-22(13-19)28-15-17-6-10-21(11-7-17)29-23(25,26)27/h6-7,10-14,16,18H,2-5,8-9,15H2,1H3. The second-order valence-corrected chi connectivity index (χ2v) is 7.71. The van der Waals surface area contributed by atoms with Gasteiger partial charge in [0.25, 0.3) is 0 Å². The highest BCUT2D eigenvalue weighted by molar-refractivity contribution is 5.33. The van der Waals surface area contributed by atoms with E-state index in [2.05, 4.69) is 11.7 Å². The van der Waals surface area contributed by atoms with Crippen LogP contribution in [-0.2, 0) is 6.61 Å². The van der Waals surface area contributed by atoms with E-state index in [1.807, 2.05) is 6.07 Å². The van der Waals surface area contributed by atoms with Crippen LogP contribution in [0.1, 0.15) is 62.5 Å². The molecule has 2 nitrogen and oxygen atoms in total. The van der Waals surface area contributed by atoms with Crippen molar-refractivity contribution in [3.63, 3.8) is 0 Å². The van der Waals surface area contributed by atoms with Crippen LogP contribution in [0.4, 0.5) is 17.6 Å². The molecule has 1 aliphatic rings. The molecule has 1 saturated carbocycles. The SMILES string of the molecule is CCCC1CCC(c2cc(F)cc(OCc3ccc(OC(F)(F)F)cc3)c2)CC1. The van der Waals surface area contributed by atoms with E-state index in [0.29, 0.717) is 17.2 Å². The molecule has 0 saturated heterocycles. The smallest absolute Gasteiger partial charge is 0.489 e. The highest BCUT2D eigenvalue weighted by Gasteiger charge is 2.31. The van der Waals surface area contributed by atoms with Crippen LogP contribution in [0.15, 0.2) is 42.5 Å². The topological polar surface area (TPSA) is 18.5 Å². The maximum atomic E-state index is 14.1. The Balaban J connectivity index is 1.59. The highest BCUT2D eigenvalue weighted by Crippen LogP contribution is 2.38. The first-order valence-corrected chi connectivity index (χ1v) is 10.1. The molecule has 6 heteroatoms. The fourth-order valence-corrected chi connectivity index (χ4v) is 4.05. The second kappa shape index (κ2) is 9.51. The molecule has 0 unspecified atom stereocenters. The molecule has 0 heterocycles. The van der Waals surface area contributed by atoms with Crippen LogP contribution >= 0.6 is 0 Å². The summed E-state index contributed by atoms with van der Waals surface area (Å²) in [4.78, 5) is 0. The Kier molecular flexibility index (Phi) is 7.04. The van der Waals surface area contributed by atoms with Gasteiger partial charge in [-0.2, -0.15) is 0 Å². The molecule has 29 heavy (non-hydrogen) atoms. The van der Waals surface area contributed by atoms with E-state index in [-0.39, 0.29) is 18.2 Å². The Hall–Kier alpha value is -2.24. The van der Waals surface area contributed by atoms with Crippen molar-refractivity contribution in [1.29, 1.82) is 0 Å².